The van der Waals surface area contributed by atoms with Crippen LogP contribution < -0.4 is 11.3 Å². The molecule has 3 N–H and O–H groups in total. The summed E-state index contributed by atoms with van der Waals surface area (Å²) >= 11 is 0. The maximum absolute atomic E-state index is 12.6. The van der Waals surface area contributed by atoms with E-state index in [2.05, 4.69) is 11.5 Å². The lowest BCUT2D eigenvalue weighted by molar-refractivity contribution is -0.137. The van der Waals surface area contributed by atoms with Crippen LogP contribution in [0.25, 0.3) is 0 Å². The second-order valence-electron chi connectivity index (χ2n) is 5.10. The zero-order chi connectivity index (χ0) is 14.6. The number of hydrogen-bond donors (Lipinski definition) is 2. The second-order valence-corrected chi connectivity index (χ2v) is 5.10. The van der Waals surface area contributed by atoms with Gasteiger partial charge in [0.2, 0.25) is 0 Å². The van der Waals surface area contributed by atoms with E-state index in [1.165, 1.54) is 24.1 Å². The Balaban J connectivity index is 2.21. The summed E-state index contributed by atoms with van der Waals surface area (Å²) in [5.74, 6) is 5.60. The average Bonchev–Trinajstić information content (AvgIpc) is 2.68. The molecule has 0 bridgehead atoms. The number of nitrogens with one attached hydrogen (secondary N) is 1. The van der Waals surface area contributed by atoms with Crippen molar-refractivity contribution < 1.29 is 13.2 Å². The van der Waals surface area contributed by atoms with Crippen molar-refractivity contribution in [2.45, 2.75) is 44.3 Å². The Morgan fingerprint density at radius 2 is 1.75 bits per heavy atom. The molecule has 0 amide bonds. The van der Waals surface area contributed by atoms with Crippen molar-refractivity contribution in [1.29, 1.82) is 0 Å². The van der Waals surface area contributed by atoms with Gasteiger partial charge in [0.05, 0.1) is 11.6 Å². The highest BCUT2D eigenvalue weighted by molar-refractivity contribution is 5.32. The van der Waals surface area contributed by atoms with Crippen LogP contribution in [-0.4, -0.2) is 0 Å². The van der Waals surface area contributed by atoms with E-state index in [-0.39, 0.29) is 6.04 Å². The minimum absolute atomic E-state index is 0.199. The smallest absolute Gasteiger partial charge is 0.271 e. The highest BCUT2D eigenvalue weighted by Crippen LogP contribution is 2.32. The summed E-state index contributed by atoms with van der Waals surface area (Å²) in [6, 6.07) is 5.02. The Kier molecular flexibility index (Phi) is 4.83. The van der Waals surface area contributed by atoms with Crippen LogP contribution in [0.5, 0.6) is 0 Å². The third kappa shape index (κ3) is 3.61. The van der Waals surface area contributed by atoms with Gasteiger partial charge in [0, 0.05) is 0 Å². The average molecular weight is 284 g/mol. The first-order valence-corrected chi connectivity index (χ1v) is 6.84. The third-order valence-corrected chi connectivity index (χ3v) is 3.68. The van der Waals surface area contributed by atoms with Crippen LogP contribution in [-0.2, 0) is 6.18 Å². The maximum atomic E-state index is 12.6. The van der Waals surface area contributed by atoms with E-state index in [1.807, 2.05) is 0 Å². The highest BCUT2D eigenvalue weighted by Gasteiger charge is 2.30. The van der Waals surface area contributed by atoms with Crippen LogP contribution in [0.15, 0.2) is 35.9 Å². The minimum atomic E-state index is -4.30. The molecule has 1 aromatic rings. The maximum Gasteiger partial charge on any atom is 0.416 e. The first kappa shape index (κ1) is 15.1. The molecule has 0 fully saturated rings. The molecular weight excluding hydrogens is 265 g/mol. The number of halogens is 3. The number of nitrogens with two attached hydrogens (primary N) is 1. The van der Waals surface area contributed by atoms with E-state index in [9.17, 15) is 13.2 Å². The number of benzene rings is 1. The van der Waals surface area contributed by atoms with Gasteiger partial charge in [0.25, 0.3) is 0 Å². The standard InChI is InChI=1S/C15H19F3N2/c16-15(17,18)13-9-7-12(8-10-13)14(20-19)11-5-3-1-2-4-6-11/h5,7-10,14,20H,1-4,6,19H2. The molecule has 0 heterocycles. The topological polar surface area (TPSA) is 38.0 Å². The Bertz CT molecular complexity index is 463. The molecule has 110 valence electrons. The molecule has 0 aromatic heterocycles. The van der Waals surface area contributed by atoms with Crippen LogP contribution >= 0.6 is 0 Å². The van der Waals surface area contributed by atoms with Gasteiger partial charge in [-0.05, 0) is 43.4 Å². The molecule has 1 unspecified atom stereocenters. The molecule has 20 heavy (non-hydrogen) atoms. The first-order chi connectivity index (χ1) is 9.52. The molecule has 0 spiro atoms. The molecule has 0 radical (unpaired) electrons. The zero-order valence-corrected chi connectivity index (χ0v) is 11.2. The van der Waals surface area contributed by atoms with Crippen LogP contribution in [0.1, 0.15) is 49.3 Å². The van der Waals surface area contributed by atoms with Gasteiger partial charge in [-0.1, -0.05) is 30.2 Å². The summed E-state index contributed by atoms with van der Waals surface area (Å²) in [6.07, 6.45) is 3.26. The molecule has 2 nitrogen and oxygen atoms in total. The molecular formula is C15H19F3N2. The zero-order valence-electron chi connectivity index (χ0n) is 11.2. The molecule has 0 aliphatic heterocycles. The van der Waals surface area contributed by atoms with Gasteiger partial charge in [-0.15, -0.1) is 0 Å². The van der Waals surface area contributed by atoms with Crippen molar-refractivity contribution >= 4 is 0 Å². The van der Waals surface area contributed by atoms with E-state index in [4.69, 9.17) is 5.84 Å². The summed E-state index contributed by atoms with van der Waals surface area (Å²) in [4.78, 5) is 0. The lowest BCUT2D eigenvalue weighted by atomic mass is 9.95. The first-order valence-electron chi connectivity index (χ1n) is 6.84. The van der Waals surface area contributed by atoms with Crippen molar-refractivity contribution in [3.05, 3.63) is 47.0 Å². The number of alkyl halides is 3. The van der Waals surface area contributed by atoms with E-state index < -0.39 is 11.7 Å². The van der Waals surface area contributed by atoms with Gasteiger partial charge in [-0.3, -0.25) is 5.84 Å². The van der Waals surface area contributed by atoms with Gasteiger partial charge < -0.3 is 0 Å². The molecule has 1 aliphatic carbocycles. The molecule has 0 saturated carbocycles. The van der Waals surface area contributed by atoms with Crippen LogP contribution in [0.2, 0.25) is 0 Å². The number of hydrogen-bond acceptors (Lipinski definition) is 2. The van der Waals surface area contributed by atoms with Crippen LogP contribution in [0.3, 0.4) is 0 Å². The monoisotopic (exact) mass is 284 g/mol. The lowest BCUT2D eigenvalue weighted by Gasteiger charge is -2.20. The molecule has 1 atom stereocenters. The number of hydrazine groups is 1. The summed E-state index contributed by atoms with van der Waals surface area (Å²) in [5, 5.41) is 0. The number of rotatable bonds is 3. The Morgan fingerprint density at radius 3 is 2.35 bits per heavy atom. The Hall–Kier alpha value is -1.33. The van der Waals surface area contributed by atoms with Crippen molar-refractivity contribution in [3.63, 3.8) is 0 Å². The lowest BCUT2D eigenvalue weighted by Crippen LogP contribution is -2.29. The number of allylic oxidation sites excluding steroid dienone is 1. The van der Waals surface area contributed by atoms with E-state index >= 15 is 0 Å². The quantitative estimate of drug-likeness (QED) is 0.498. The normalized spacial score (nSPS) is 18.3. The van der Waals surface area contributed by atoms with Gasteiger partial charge in [-0.25, -0.2) is 5.43 Å². The van der Waals surface area contributed by atoms with E-state index in [1.54, 1.807) is 0 Å². The van der Waals surface area contributed by atoms with E-state index in [0.717, 1.165) is 43.4 Å². The fraction of sp³-hybridized carbons (Fsp3) is 0.467. The van der Waals surface area contributed by atoms with Gasteiger partial charge in [0.15, 0.2) is 0 Å². The predicted octanol–water partition coefficient (Wildman–Crippen LogP) is 4.10. The van der Waals surface area contributed by atoms with Crippen LogP contribution in [0.4, 0.5) is 13.2 Å². The summed E-state index contributed by atoms with van der Waals surface area (Å²) in [7, 11) is 0. The van der Waals surface area contributed by atoms with Crippen molar-refractivity contribution in [2.24, 2.45) is 5.84 Å². The molecule has 0 saturated heterocycles. The fourth-order valence-electron chi connectivity index (χ4n) is 2.58. The highest BCUT2D eigenvalue weighted by atomic mass is 19.4. The molecule has 2 rings (SSSR count). The largest absolute Gasteiger partial charge is 0.416 e. The van der Waals surface area contributed by atoms with Crippen molar-refractivity contribution in [3.8, 4) is 0 Å². The summed E-state index contributed by atoms with van der Waals surface area (Å²) in [6.45, 7) is 0. The van der Waals surface area contributed by atoms with Crippen LogP contribution in [0, 0.1) is 0 Å². The van der Waals surface area contributed by atoms with Crippen molar-refractivity contribution in [1.82, 2.24) is 5.43 Å². The molecule has 1 aliphatic rings. The summed E-state index contributed by atoms with van der Waals surface area (Å²) in [5.41, 5.74) is 4.03. The second kappa shape index (κ2) is 6.41. The SMILES string of the molecule is NNC(C1=CCCCCC1)c1ccc(C(F)(F)F)cc1. The Labute approximate surface area is 116 Å². The molecule has 1 aromatic carbocycles. The molecule has 5 heteroatoms. The van der Waals surface area contributed by atoms with Gasteiger partial charge in [-0.2, -0.15) is 13.2 Å². The minimum Gasteiger partial charge on any atom is -0.271 e. The Morgan fingerprint density at radius 1 is 1.05 bits per heavy atom. The fourth-order valence-corrected chi connectivity index (χ4v) is 2.58. The third-order valence-electron chi connectivity index (χ3n) is 3.68. The van der Waals surface area contributed by atoms with Gasteiger partial charge in [0.1, 0.15) is 0 Å². The van der Waals surface area contributed by atoms with Crippen molar-refractivity contribution in [2.75, 3.05) is 0 Å². The predicted molar refractivity (Wildman–Crippen MR) is 72.7 cm³/mol. The summed E-state index contributed by atoms with van der Waals surface area (Å²) < 4.78 is 37.7. The van der Waals surface area contributed by atoms with Gasteiger partial charge >= 0.3 is 6.18 Å². The van der Waals surface area contributed by atoms with E-state index in [0.29, 0.717) is 0 Å².